The number of nitrogens with zero attached hydrogens (tertiary/aromatic N) is 1. The highest BCUT2D eigenvalue weighted by molar-refractivity contribution is 4.80. The molecule has 2 atom stereocenters. The summed E-state index contributed by atoms with van der Waals surface area (Å²) < 4.78 is 11.1. The Kier molecular flexibility index (Phi) is 7.82. The van der Waals surface area contributed by atoms with Gasteiger partial charge in [0.25, 0.3) is 0 Å². The first kappa shape index (κ1) is 15.9. The number of likely N-dealkylation sites (N-methyl/N-ethyl adjacent to an activating group) is 1. The minimum atomic E-state index is 0.347. The highest BCUT2D eigenvalue weighted by Crippen LogP contribution is 2.17. The molecule has 0 saturated carbocycles. The summed E-state index contributed by atoms with van der Waals surface area (Å²) in [5.41, 5.74) is 0. The molecule has 0 aliphatic carbocycles. The van der Waals surface area contributed by atoms with Gasteiger partial charge in [-0.25, -0.2) is 0 Å². The molecule has 1 aliphatic rings. The number of hydrogen-bond donors (Lipinski definition) is 1. The molecule has 2 unspecified atom stereocenters. The number of hydrogen-bond acceptors (Lipinski definition) is 4. The Balaban J connectivity index is 1.94. The van der Waals surface area contributed by atoms with Crippen LogP contribution in [0.1, 0.15) is 33.6 Å². The van der Waals surface area contributed by atoms with E-state index < -0.39 is 0 Å². The zero-order valence-electron chi connectivity index (χ0n) is 12.4. The Labute approximate surface area is 112 Å². The average Bonchev–Trinajstić information content (AvgIpc) is 2.73. The standard InChI is InChI=1S/C14H30N2O2/c1-12(2)17-10-5-7-15-8-9-16(4)14-6-11-18-13(14)3/h12-15H,5-11H2,1-4H3. The molecule has 1 rings (SSSR count). The first-order valence-electron chi connectivity index (χ1n) is 7.25. The summed E-state index contributed by atoms with van der Waals surface area (Å²) in [5.74, 6) is 0. The first-order chi connectivity index (χ1) is 8.61. The van der Waals surface area contributed by atoms with E-state index in [9.17, 15) is 0 Å². The van der Waals surface area contributed by atoms with E-state index in [1.165, 1.54) is 6.42 Å². The lowest BCUT2D eigenvalue weighted by Gasteiger charge is -2.26. The third-order valence-electron chi connectivity index (χ3n) is 3.49. The molecule has 0 spiro atoms. The summed E-state index contributed by atoms with van der Waals surface area (Å²) in [4.78, 5) is 2.41. The van der Waals surface area contributed by atoms with Gasteiger partial charge in [0.1, 0.15) is 0 Å². The molecule has 1 aliphatic heterocycles. The van der Waals surface area contributed by atoms with Crippen molar-refractivity contribution in [2.24, 2.45) is 0 Å². The maximum Gasteiger partial charge on any atom is 0.0702 e. The van der Waals surface area contributed by atoms with E-state index in [1.54, 1.807) is 0 Å². The molecule has 0 amide bonds. The number of rotatable bonds is 9. The largest absolute Gasteiger partial charge is 0.379 e. The fourth-order valence-electron chi connectivity index (χ4n) is 2.36. The van der Waals surface area contributed by atoms with Crippen molar-refractivity contribution >= 4 is 0 Å². The van der Waals surface area contributed by atoms with Crippen LogP contribution in [0.4, 0.5) is 0 Å². The Morgan fingerprint density at radius 3 is 2.78 bits per heavy atom. The van der Waals surface area contributed by atoms with Gasteiger partial charge in [0.05, 0.1) is 12.2 Å². The maximum atomic E-state index is 5.59. The van der Waals surface area contributed by atoms with E-state index in [-0.39, 0.29) is 0 Å². The Bertz CT molecular complexity index is 212. The average molecular weight is 258 g/mol. The SMILES string of the molecule is CC(C)OCCCNCCN(C)C1CCOC1C. The van der Waals surface area contributed by atoms with Gasteiger partial charge in [-0.3, -0.25) is 4.90 Å². The zero-order valence-corrected chi connectivity index (χ0v) is 12.4. The molecule has 1 saturated heterocycles. The molecule has 0 aromatic carbocycles. The van der Waals surface area contributed by atoms with Crippen molar-refractivity contribution < 1.29 is 9.47 Å². The van der Waals surface area contributed by atoms with Gasteiger partial charge in [0.15, 0.2) is 0 Å². The van der Waals surface area contributed by atoms with E-state index in [0.717, 1.165) is 39.3 Å². The van der Waals surface area contributed by atoms with E-state index >= 15 is 0 Å². The van der Waals surface area contributed by atoms with Crippen molar-refractivity contribution in [1.29, 1.82) is 0 Å². The molecular formula is C14H30N2O2. The van der Waals surface area contributed by atoms with Gasteiger partial charge < -0.3 is 14.8 Å². The van der Waals surface area contributed by atoms with Crippen LogP contribution in [0, 0.1) is 0 Å². The molecule has 1 fully saturated rings. The Morgan fingerprint density at radius 2 is 2.17 bits per heavy atom. The predicted molar refractivity (Wildman–Crippen MR) is 75.0 cm³/mol. The molecule has 108 valence electrons. The van der Waals surface area contributed by atoms with Gasteiger partial charge in [0, 0.05) is 32.3 Å². The quantitative estimate of drug-likeness (QED) is 0.636. The van der Waals surface area contributed by atoms with Crippen LogP contribution >= 0.6 is 0 Å². The monoisotopic (exact) mass is 258 g/mol. The fraction of sp³-hybridized carbons (Fsp3) is 1.00. The third-order valence-corrected chi connectivity index (χ3v) is 3.49. The molecule has 4 nitrogen and oxygen atoms in total. The van der Waals surface area contributed by atoms with E-state index in [4.69, 9.17) is 9.47 Å². The summed E-state index contributed by atoms with van der Waals surface area (Å²) >= 11 is 0. The van der Waals surface area contributed by atoms with Gasteiger partial charge >= 0.3 is 0 Å². The Hall–Kier alpha value is -0.160. The minimum absolute atomic E-state index is 0.347. The highest BCUT2D eigenvalue weighted by atomic mass is 16.5. The molecule has 4 heteroatoms. The second-order valence-electron chi connectivity index (χ2n) is 5.44. The van der Waals surface area contributed by atoms with Crippen LogP contribution in [-0.4, -0.2) is 63.0 Å². The lowest BCUT2D eigenvalue weighted by molar-refractivity contribution is 0.0762. The fourth-order valence-corrected chi connectivity index (χ4v) is 2.36. The molecule has 18 heavy (non-hydrogen) atoms. The number of ether oxygens (including phenoxy) is 2. The Morgan fingerprint density at radius 1 is 1.39 bits per heavy atom. The van der Waals surface area contributed by atoms with Crippen LogP contribution in [0.2, 0.25) is 0 Å². The lowest BCUT2D eigenvalue weighted by Crippen LogP contribution is -2.40. The van der Waals surface area contributed by atoms with Crippen LogP contribution in [0.25, 0.3) is 0 Å². The van der Waals surface area contributed by atoms with Gasteiger partial charge in [-0.2, -0.15) is 0 Å². The summed E-state index contributed by atoms with van der Waals surface area (Å²) in [7, 11) is 2.19. The van der Waals surface area contributed by atoms with Gasteiger partial charge in [0.2, 0.25) is 0 Å². The van der Waals surface area contributed by atoms with Crippen molar-refractivity contribution in [1.82, 2.24) is 10.2 Å². The van der Waals surface area contributed by atoms with Crippen molar-refractivity contribution in [3.8, 4) is 0 Å². The first-order valence-corrected chi connectivity index (χ1v) is 7.25. The van der Waals surface area contributed by atoms with Crippen LogP contribution in [0.3, 0.4) is 0 Å². The lowest BCUT2D eigenvalue weighted by atomic mass is 10.1. The molecule has 0 aromatic heterocycles. The van der Waals surface area contributed by atoms with E-state index in [0.29, 0.717) is 18.2 Å². The van der Waals surface area contributed by atoms with Gasteiger partial charge in [-0.05, 0) is 47.2 Å². The third kappa shape index (κ3) is 6.14. The van der Waals surface area contributed by atoms with E-state index in [1.807, 2.05) is 0 Å². The molecule has 0 bridgehead atoms. The minimum Gasteiger partial charge on any atom is -0.379 e. The van der Waals surface area contributed by atoms with Crippen LogP contribution < -0.4 is 5.32 Å². The predicted octanol–water partition coefficient (Wildman–Crippen LogP) is 1.50. The zero-order chi connectivity index (χ0) is 13.4. The molecule has 0 aromatic rings. The number of nitrogens with one attached hydrogen (secondary N) is 1. The van der Waals surface area contributed by atoms with Crippen molar-refractivity contribution in [2.75, 3.05) is 39.9 Å². The molecular weight excluding hydrogens is 228 g/mol. The van der Waals surface area contributed by atoms with Crippen LogP contribution in [0.15, 0.2) is 0 Å². The molecule has 0 radical (unpaired) electrons. The van der Waals surface area contributed by atoms with Crippen molar-refractivity contribution in [2.45, 2.75) is 51.9 Å². The summed E-state index contributed by atoms with van der Waals surface area (Å²) in [5, 5.41) is 3.47. The topological polar surface area (TPSA) is 33.7 Å². The van der Waals surface area contributed by atoms with Crippen molar-refractivity contribution in [3.63, 3.8) is 0 Å². The molecule has 1 heterocycles. The summed E-state index contributed by atoms with van der Waals surface area (Å²) in [6.07, 6.45) is 2.99. The molecule has 1 N–H and O–H groups in total. The van der Waals surface area contributed by atoms with Crippen LogP contribution in [0.5, 0.6) is 0 Å². The normalized spacial score (nSPS) is 24.3. The second-order valence-corrected chi connectivity index (χ2v) is 5.44. The summed E-state index contributed by atoms with van der Waals surface area (Å²) in [6, 6.07) is 0.594. The maximum absolute atomic E-state index is 5.59. The van der Waals surface area contributed by atoms with Crippen molar-refractivity contribution in [3.05, 3.63) is 0 Å². The smallest absolute Gasteiger partial charge is 0.0702 e. The summed E-state index contributed by atoms with van der Waals surface area (Å²) in [6.45, 7) is 11.3. The second kappa shape index (κ2) is 8.86. The van der Waals surface area contributed by atoms with Gasteiger partial charge in [-0.1, -0.05) is 0 Å². The van der Waals surface area contributed by atoms with E-state index in [2.05, 4.69) is 38.0 Å². The van der Waals surface area contributed by atoms with Gasteiger partial charge in [-0.15, -0.1) is 0 Å². The highest BCUT2D eigenvalue weighted by Gasteiger charge is 2.27. The van der Waals surface area contributed by atoms with Crippen LogP contribution in [-0.2, 0) is 9.47 Å².